The number of fused-ring (bicyclic) bond motifs is 3. The van der Waals surface area contributed by atoms with Crippen LogP contribution in [0.1, 0.15) is 16.1 Å². The fourth-order valence-electron chi connectivity index (χ4n) is 2.97. The third-order valence-corrected chi connectivity index (χ3v) is 3.92. The summed E-state index contributed by atoms with van der Waals surface area (Å²) < 4.78 is 21.1. The number of hydrogen-bond donors (Lipinski definition) is 1. The fraction of sp³-hybridized carbons (Fsp3) is 0.0556. The van der Waals surface area contributed by atoms with Gasteiger partial charge in [-0.3, -0.25) is 4.79 Å². The Kier molecular flexibility index (Phi) is 2.94. The summed E-state index contributed by atoms with van der Waals surface area (Å²) in [5, 5.41) is 1.15. The Labute approximate surface area is 130 Å². The topological polar surface area (TPSA) is 61.2 Å². The normalized spacial score (nSPS) is 11.3. The minimum absolute atomic E-state index is 0.354. The van der Waals surface area contributed by atoms with Crippen molar-refractivity contribution in [2.75, 3.05) is 0 Å². The average Bonchev–Trinajstić information content (AvgIpc) is 3.14. The first-order chi connectivity index (χ1) is 11.1. The highest BCUT2D eigenvalue weighted by Crippen LogP contribution is 2.32. The highest BCUT2D eigenvalue weighted by Gasteiger charge is 2.17. The summed E-state index contributed by atoms with van der Waals surface area (Å²) in [5.41, 5.74) is 7.39. The van der Waals surface area contributed by atoms with Gasteiger partial charge in [0.1, 0.15) is 11.6 Å². The molecule has 113 valence electrons. The van der Waals surface area contributed by atoms with Crippen molar-refractivity contribution in [3.63, 3.8) is 0 Å². The molecule has 4 aromatic rings. The smallest absolute Gasteiger partial charge is 0.249 e. The van der Waals surface area contributed by atoms with Crippen molar-refractivity contribution in [2.24, 2.45) is 5.73 Å². The summed E-state index contributed by atoms with van der Waals surface area (Å²) in [7, 11) is 0. The zero-order valence-corrected chi connectivity index (χ0v) is 12.0. The molecular formula is C18H12FN2O2. The maximum absolute atomic E-state index is 13.7. The minimum Gasteiger partial charge on any atom is -0.467 e. The summed E-state index contributed by atoms with van der Waals surface area (Å²) in [6.45, 7) is 0.467. The van der Waals surface area contributed by atoms with Crippen LogP contribution in [0.25, 0.3) is 21.8 Å². The van der Waals surface area contributed by atoms with Gasteiger partial charge in [0.05, 0.1) is 23.8 Å². The first kappa shape index (κ1) is 13.6. The van der Waals surface area contributed by atoms with E-state index in [1.165, 1.54) is 6.07 Å². The van der Waals surface area contributed by atoms with E-state index in [0.717, 1.165) is 16.8 Å². The highest BCUT2D eigenvalue weighted by atomic mass is 19.1. The van der Waals surface area contributed by atoms with E-state index >= 15 is 0 Å². The van der Waals surface area contributed by atoms with Crippen LogP contribution in [0.2, 0.25) is 0 Å². The lowest BCUT2D eigenvalue weighted by Crippen LogP contribution is -2.11. The Balaban J connectivity index is 2.11. The number of amides is 1. The Hall–Kier alpha value is -3.08. The van der Waals surface area contributed by atoms with Crippen molar-refractivity contribution >= 4 is 27.7 Å². The third-order valence-electron chi connectivity index (χ3n) is 3.92. The molecule has 0 unspecified atom stereocenters. The number of rotatable bonds is 3. The van der Waals surface area contributed by atoms with Crippen LogP contribution < -0.4 is 5.73 Å². The number of carbonyl (C=O) groups is 1. The Bertz CT molecular complexity index is 1030. The maximum atomic E-state index is 13.7. The van der Waals surface area contributed by atoms with Gasteiger partial charge in [-0.25, -0.2) is 4.39 Å². The predicted octanol–water partition coefficient (Wildman–Crippen LogP) is 3.47. The lowest BCUT2D eigenvalue weighted by atomic mass is 10.1. The first-order valence-corrected chi connectivity index (χ1v) is 7.10. The van der Waals surface area contributed by atoms with Crippen LogP contribution in [0.4, 0.5) is 4.39 Å². The average molecular weight is 307 g/mol. The van der Waals surface area contributed by atoms with E-state index < -0.39 is 11.7 Å². The lowest BCUT2D eigenvalue weighted by Gasteiger charge is -2.05. The van der Waals surface area contributed by atoms with Gasteiger partial charge in [-0.2, -0.15) is 0 Å². The number of halogens is 1. The molecule has 0 saturated heterocycles. The van der Waals surface area contributed by atoms with Crippen molar-refractivity contribution in [2.45, 2.75) is 6.54 Å². The SMILES string of the molecule is NC(=O)c1cccc2c1c1[c]c(F)ccc1n2Cc1ccco1. The maximum Gasteiger partial charge on any atom is 0.249 e. The van der Waals surface area contributed by atoms with Crippen LogP contribution in [0.5, 0.6) is 0 Å². The van der Waals surface area contributed by atoms with Crippen LogP contribution in [0, 0.1) is 11.9 Å². The molecule has 4 nitrogen and oxygen atoms in total. The summed E-state index contributed by atoms with van der Waals surface area (Å²) in [4.78, 5) is 11.8. The third kappa shape index (κ3) is 2.09. The highest BCUT2D eigenvalue weighted by molar-refractivity contribution is 6.17. The standard InChI is InChI=1S/C18H12FN2O2/c19-11-6-7-15-14(9-11)17-13(18(20)22)4-1-5-16(17)21(15)10-12-3-2-8-23-12/h1-8H,10H2,(H2,20,22). The molecule has 0 saturated carbocycles. The summed E-state index contributed by atoms with van der Waals surface area (Å²) in [6.07, 6.45) is 1.60. The fourth-order valence-corrected chi connectivity index (χ4v) is 2.97. The summed E-state index contributed by atoms with van der Waals surface area (Å²) >= 11 is 0. The molecule has 0 atom stereocenters. The molecular weight excluding hydrogens is 295 g/mol. The molecule has 2 heterocycles. The monoisotopic (exact) mass is 307 g/mol. The van der Waals surface area contributed by atoms with Gasteiger partial charge < -0.3 is 14.7 Å². The number of carbonyl (C=O) groups excluding carboxylic acids is 1. The van der Waals surface area contributed by atoms with Gasteiger partial charge in [-0.15, -0.1) is 0 Å². The molecule has 23 heavy (non-hydrogen) atoms. The minimum atomic E-state index is -0.551. The first-order valence-electron chi connectivity index (χ1n) is 7.10. The zero-order chi connectivity index (χ0) is 16.0. The number of benzene rings is 2. The number of nitrogens with zero attached hydrogens (tertiary/aromatic N) is 1. The van der Waals surface area contributed by atoms with Crippen LogP contribution in [0.3, 0.4) is 0 Å². The molecule has 5 heteroatoms. The predicted molar refractivity (Wildman–Crippen MR) is 84.6 cm³/mol. The Morgan fingerprint density at radius 3 is 2.78 bits per heavy atom. The Morgan fingerprint density at radius 2 is 2.04 bits per heavy atom. The van der Waals surface area contributed by atoms with Gasteiger partial charge in [0.2, 0.25) is 5.91 Å². The molecule has 0 aliphatic heterocycles. The second kappa shape index (κ2) is 4.98. The number of hydrogen-bond acceptors (Lipinski definition) is 2. The number of furan rings is 1. The van der Waals surface area contributed by atoms with Crippen molar-refractivity contribution < 1.29 is 13.6 Å². The van der Waals surface area contributed by atoms with E-state index in [1.54, 1.807) is 24.5 Å². The van der Waals surface area contributed by atoms with E-state index in [2.05, 4.69) is 6.07 Å². The molecule has 0 aliphatic rings. The molecule has 0 spiro atoms. The van der Waals surface area contributed by atoms with Crippen molar-refractivity contribution in [1.82, 2.24) is 4.57 Å². The molecule has 2 aromatic carbocycles. The van der Waals surface area contributed by atoms with Crippen LogP contribution >= 0.6 is 0 Å². The number of primary amides is 1. The molecule has 2 N–H and O–H groups in total. The van der Waals surface area contributed by atoms with E-state index in [4.69, 9.17) is 10.2 Å². The molecule has 2 aromatic heterocycles. The summed E-state index contributed by atoms with van der Waals surface area (Å²) in [5.74, 6) is -0.267. The van der Waals surface area contributed by atoms with E-state index in [1.807, 2.05) is 22.8 Å². The van der Waals surface area contributed by atoms with Crippen molar-refractivity contribution in [3.05, 3.63) is 71.9 Å². The molecule has 4 rings (SSSR count). The molecule has 1 radical (unpaired) electrons. The van der Waals surface area contributed by atoms with Gasteiger partial charge in [0.15, 0.2) is 0 Å². The van der Waals surface area contributed by atoms with Gasteiger partial charge in [-0.05, 0) is 36.4 Å². The zero-order valence-electron chi connectivity index (χ0n) is 12.0. The quantitative estimate of drug-likeness (QED) is 0.630. The van der Waals surface area contributed by atoms with Crippen LogP contribution in [-0.2, 0) is 6.54 Å². The van der Waals surface area contributed by atoms with Crippen LogP contribution in [-0.4, -0.2) is 10.5 Å². The van der Waals surface area contributed by atoms with Crippen molar-refractivity contribution in [1.29, 1.82) is 0 Å². The van der Waals surface area contributed by atoms with Crippen molar-refractivity contribution in [3.8, 4) is 0 Å². The van der Waals surface area contributed by atoms with Gasteiger partial charge in [0.25, 0.3) is 0 Å². The van der Waals surface area contributed by atoms with Gasteiger partial charge in [-0.1, -0.05) is 6.07 Å². The number of aromatic nitrogens is 1. The Morgan fingerprint density at radius 1 is 1.17 bits per heavy atom. The largest absolute Gasteiger partial charge is 0.467 e. The van der Waals surface area contributed by atoms with Gasteiger partial charge in [0, 0.05) is 22.4 Å². The molecule has 0 fully saturated rings. The van der Waals surface area contributed by atoms with E-state index in [-0.39, 0.29) is 0 Å². The van der Waals surface area contributed by atoms with E-state index in [0.29, 0.717) is 22.9 Å². The summed E-state index contributed by atoms with van der Waals surface area (Å²) in [6, 6.07) is 14.7. The van der Waals surface area contributed by atoms with E-state index in [9.17, 15) is 9.18 Å². The second-order valence-corrected chi connectivity index (χ2v) is 5.30. The number of nitrogens with two attached hydrogens (primary N) is 1. The van der Waals surface area contributed by atoms with Crippen LogP contribution in [0.15, 0.2) is 53.1 Å². The molecule has 0 aliphatic carbocycles. The molecule has 0 bridgehead atoms. The second-order valence-electron chi connectivity index (χ2n) is 5.30. The molecule has 1 amide bonds. The lowest BCUT2D eigenvalue weighted by molar-refractivity contribution is 0.100. The van der Waals surface area contributed by atoms with Gasteiger partial charge >= 0.3 is 0 Å².